The van der Waals surface area contributed by atoms with E-state index in [0.717, 1.165) is 0 Å². The number of amides is 2. The van der Waals surface area contributed by atoms with Crippen molar-refractivity contribution >= 4 is 17.5 Å². The number of ether oxygens (including phenoxy) is 1. The van der Waals surface area contributed by atoms with Crippen molar-refractivity contribution in [2.24, 2.45) is 0 Å². The molecule has 0 radical (unpaired) electrons. The quantitative estimate of drug-likeness (QED) is 0.883. The average Bonchev–Trinajstić information content (AvgIpc) is 2.67. The first-order valence-electron chi connectivity index (χ1n) is 9.36. The Morgan fingerprint density at radius 2 is 1.85 bits per heavy atom. The minimum atomic E-state index is -0.0500. The molecule has 0 aromatic heterocycles. The Morgan fingerprint density at radius 1 is 1.07 bits per heavy atom. The summed E-state index contributed by atoms with van der Waals surface area (Å²) in [6.45, 7) is 6.48. The highest BCUT2D eigenvalue weighted by molar-refractivity contribution is 5.97. The maximum absolute atomic E-state index is 12.6. The van der Waals surface area contributed by atoms with E-state index in [0.29, 0.717) is 50.4 Å². The summed E-state index contributed by atoms with van der Waals surface area (Å²) in [4.78, 5) is 26.7. The first kappa shape index (κ1) is 19.1. The fraction of sp³-hybridized carbons (Fsp3) is 0.364. The molecule has 0 spiro atoms. The lowest BCUT2D eigenvalue weighted by Crippen LogP contribution is -2.40. The Hall–Kier alpha value is -2.66. The van der Waals surface area contributed by atoms with E-state index in [1.807, 2.05) is 6.07 Å². The fourth-order valence-electron chi connectivity index (χ4n) is 3.28. The van der Waals surface area contributed by atoms with Crippen LogP contribution in [0.15, 0.2) is 42.5 Å². The van der Waals surface area contributed by atoms with E-state index in [1.165, 1.54) is 16.7 Å². The summed E-state index contributed by atoms with van der Waals surface area (Å²) in [5, 5.41) is 2.91. The van der Waals surface area contributed by atoms with Gasteiger partial charge in [-0.2, -0.15) is 0 Å². The van der Waals surface area contributed by atoms with Crippen molar-refractivity contribution in [2.75, 3.05) is 31.6 Å². The highest BCUT2D eigenvalue weighted by Gasteiger charge is 2.18. The lowest BCUT2D eigenvalue weighted by molar-refractivity contribution is -0.116. The topological polar surface area (TPSA) is 58.6 Å². The van der Waals surface area contributed by atoms with Crippen LogP contribution in [0.4, 0.5) is 5.69 Å². The summed E-state index contributed by atoms with van der Waals surface area (Å²) >= 11 is 0. The van der Waals surface area contributed by atoms with Crippen LogP contribution in [0, 0.1) is 13.8 Å². The molecule has 142 valence electrons. The molecule has 0 saturated carbocycles. The van der Waals surface area contributed by atoms with Gasteiger partial charge in [-0.1, -0.05) is 29.8 Å². The Bertz CT molecular complexity index is 826. The van der Waals surface area contributed by atoms with Gasteiger partial charge in [0.25, 0.3) is 5.91 Å². The van der Waals surface area contributed by atoms with Gasteiger partial charge in [0.05, 0.1) is 13.2 Å². The number of nitrogens with one attached hydrogen (secondary N) is 1. The second kappa shape index (κ2) is 8.82. The average molecular weight is 366 g/mol. The third-order valence-corrected chi connectivity index (χ3v) is 4.81. The molecular weight excluding hydrogens is 340 g/mol. The van der Waals surface area contributed by atoms with Crippen molar-refractivity contribution in [3.05, 3.63) is 64.7 Å². The second-order valence-electron chi connectivity index (χ2n) is 6.96. The van der Waals surface area contributed by atoms with Crippen LogP contribution in [0.2, 0.25) is 0 Å². The summed E-state index contributed by atoms with van der Waals surface area (Å²) in [5.41, 5.74) is 4.86. The Morgan fingerprint density at radius 3 is 2.59 bits per heavy atom. The van der Waals surface area contributed by atoms with Gasteiger partial charge < -0.3 is 15.0 Å². The van der Waals surface area contributed by atoms with Gasteiger partial charge in [-0.25, -0.2) is 0 Å². The van der Waals surface area contributed by atoms with Gasteiger partial charge in [-0.3, -0.25) is 9.59 Å². The van der Waals surface area contributed by atoms with Crippen molar-refractivity contribution in [3.63, 3.8) is 0 Å². The molecule has 2 amide bonds. The van der Waals surface area contributed by atoms with Crippen LogP contribution in [0.3, 0.4) is 0 Å². The third kappa shape index (κ3) is 5.17. The zero-order chi connectivity index (χ0) is 19.2. The number of rotatable bonds is 5. The number of nitrogens with zero attached hydrogens (tertiary/aromatic N) is 1. The lowest BCUT2D eigenvalue weighted by atomic mass is 10.0. The molecule has 5 heteroatoms. The van der Waals surface area contributed by atoms with E-state index in [-0.39, 0.29) is 11.8 Å². The van der Waals surface area contributed by atoms with Gasteiger partial charge in [0.1, 0.15) is 0 Å². The standard InChI is InChI=1S/C22H26N2O3/c1-16-6-7-18(17(2)14-16)8-9-21(25)23-20-5-3-4-19(15-20)22(26)24-10-12-27-13-11-24/h3-7,14-15H,8-13H2,1-2H3,(H,23,25). The van der Waals surface area contributed by atoms with Crippen LogP contribution in [0.25, 0.3) is 0 Å². The van der Waals surface area contributed by atoms with Crippen LogP contribution in [-0.4, -0.2) is 43.0 Å². The number of benzene rings is 2. The molecule has 1 fully saturated rings. The number of carbonyl (C=O) groups excluding carboxylic acids is 2. The number of hydrogen-bond acceptors (Lipinski definition) is 3. The van der Waals surface area contributed by atoms with Gasteiger partial charge in [-0.05, 0) is 49.6 Å². The van der Waals surface area contributed by atoms with Crippen LogP contribution in [-0.2, 0) is 16.0 Å². The minimum absolute atomic E-state index is 0.0234. The molecule has 5 nitrogen and oxygen atoms in total. The van der Waals surface area contributed by atoms with Crippen molar-refractivity contribution in [1.29, 1.82) is 0 Å². The molecule has 1 aliphatic heterocycles. The van der Waals surface area contributed by atoms with Crippen molar-refractivity contribution in [3.8, 4) is 0 Å². The van der Waals surface area contributed by atoms with E-state index in [4.69, 9.17) is 4.74 Å². The fourth-order valence-corrected chi connectivity index (χ4v) is 3.28. The van der Waals surface area contributed by atoms with E-state index >= 15 is 0 Å². The van der Waals surface area contributed by atoms with Gasteiger partial charge in [0.2, 0.25) is 5.91 Å². The zero-order valence-corrected chi connectivity index (χ0v) is 16.0. The Kier molecular flexibility index (Phi) is 6.24. The number of hydrogen-bond donors (Lipinski definition) is 1. The van der Waals surface area contributed by atoms with Crippen LogP contribution >= 0.6 is 0 Å². The predicted octanol–water partition coefficient (Wildman–Crippen LogP) is 3.35. The number of morpholine rings is 1. The summed E-state index contributed by atoms with van der Waals surface area (Å²) in [6, 6.07) is 13.4. The zero-order valence-electron chi connectivity index (χ0n) is 16.0. The molecular formula is C22H26N2O3. The van der Waals surface area contributed by atoms with Crippen molar-refractivity contribution in [1.82, 2.24) is 4.90 Å². The van der Waals surface area contributed by atoms with Crippen molar-refractivity contribution in [2.45, 2.75) is 26.7 Å². The number of anilines is 1. The molecule has 2 aromatic carbocycles. The highest BCUT2D eigenvalue weighted by atomic mass is 16.5. The van der Waals surface area contributed by atoms with Gasteiger partial charge in [-0.15, -0.1) is 0 Å². The smallest absolute Gasteiger partial charge is 0.254 e. The molecule has 1 saturated heterocycles. The monoisotopic (exact) mass is 366 g/mol. The van der Waals surface area contributed by atoms with E-state index in [1.54, 1.807) is 23.1 Å². The summed E-state index contributed by atoms with van der Waals surface area (Å²) in [6.07, 6.45) is 1.11. The molecule has 0 bridgehead atoms. The second-order valence-corrected chi connectivity index (χ2v) is 6.96. The van der Waals surface area contributed by atoms with E-state index < -0.39 is 0 Å². The van der Waals surface area contributed by atoms with Gasteiger partial charge >= 0.3 is 0 Å². The van der Waals surface area contributed by atoms with Gasteiger partial charge in [0, 0.05) is 30.8 Å². The molecule has 0 aliphatic carbocycles. The molecule has 1 heterocycles. The molecule has 1 N–H and O–H groups in total. The normalized spacial score (nSPS) is 14.1. The molecule has 0 atom stereocenters. The summed E-state index contributed by atoms with van der Waals surface area (Å²) < 4.78 is 5.29. The van der Waals surface area contributed by atoms with Crippen LogP contribution in [0.5, 0.6) is 0 Å². The van der Waals surface area contributed by atoms with Crippen molar-refractivity contribution < 1.29 is 14.3 Å². The maximum atomic E-state index is 12.6. The third-order valence-electron chi connectivity index (χ3n) is 4.81. The summed E-state index contributed by atoms with van der Waals surface area (Å²) in [7, 11) is 0. The molecule has 27 heavy (non-hydrogen) atoms. The molecule has 3 rings (SSSR count). The molecule has 1 aliphatic rings. The largest absolute Gasteiger partial charge is 0.378 e. The SMILES string of the molecule is Cc1ccc(CCC(=O)Nc2cccc(C(=O)N3CCOCC3)c2)c(C)c1. The van der Waals surface area contributed by atoms with Crippen LogP contribution < -0.4 is 5.32 Å². The molecule has 0 unspecified atom stereocenters. The molecule has 2 aromatic rings. The summed E-state index contributed by atoms with van der Waals surface area (Å²) in [5.74, 6) is -0.0735. The van der Waals surface area contributed by atoms with E-state index in [2.05, 4.69) is 37.4 Å². The Labute approximate surface area is 160 Å². The van der Waals surface area contributed by atoms with E-state index in [9.17, 15) is 9.59 Å². The maximum Gasteiger partial charge on any atom is 0.254 e. The lowest BCUT2D eigenvalue weighted by Gasteiger charge is -2.27. The van der Waals surface area contributed by atoms with Crippen LogP contribution in [0.1, 0.15) is 33.5 Å². The number of carbonyl (C=O) groups is 2. The van der Waals surface area contributed by atoms with Gasteiger partial charge in [0.15, 0.2) is 0 Å². The predicted molar refractivity (Wildman–Crippen MR) is 106 cm³/mol. The first-order chi connectivity index (χ1) is 13.0. The first-order valence-corrected chi connectivity index (χ1v) is 9.36. The number of aryl methyl sites for hydroxylation is 3. The Balaban J connectivity index is 1.58. The highest BCUT2D eigenvalue weighted by Crippen LogP contribution is 2.16. The minimum Gasteiger partial charge on any atom is -0.378 e.